The van der Waals surface area contributed by atoms with Crippen molar-refractivity contribution < 1.29 is 4.39 Å². The molecule has 0 spiro atoms. The molecule has 0 saturated carbocycles. The second-order valence-electron chi connectivity index (χ2n) is 6.23. The minimum absolute atomic E-state index is 0.121. The van der Waals surface area contributed by atoms with Crippen LogP contribution in [0.15, 0.2) is 54.6 Å². The molecule has 3 rings (SSSR count). The third kappa shape index (κ3) is 3.06. The largest absolute Gasteiger partial charge is 0.330 e. The summed E-state index contributed by atoms with van der Waals surface area (Å²) in [5, 5.41) is 0. The maximum Gasteiger partial charge on any atom is 0.127 e. The van der Waals surface area contributed by atoms with E-state index in [-0.39, 0.29) is 11.2 Å². The number of benzene rings is 2. The summed E-state index contributed by atoms with van der Waals surface area (Å²) in [7, 11) is 0. The van der Waals surface area contributed by atoms with Crippen molar-refractivity contribution in [1.82, 2.24) is 4.90 Å². The molecule has 22 heavy (non-hydrogen) atoms. The lowest BCUT2D eigenvalue weighted by Crippen LogP contribution is -2.46. The van der Waals surface area contributed by atoms with Gasteiger partial charge in [0.15, 0.2) is 0 Å². The van der Waals surface area contributed by atoms with Crippen LogP contribution in [0.4, 0.5) is 4.39 Å². The topological polar surface area (TPSA) is 29.3 Å². The normalized spacial score (nSPS) is 18.3. The van der Waals surface area contributed by atoms with Crippen molar-refractivity contribution in [2.45, 2.75) is 24.8 Å². The first kappa shape index (κ1) is 15.2. The zero-order chi connectivity index (χ0) is 15.4. The number of nitrogens with two attached hydrogens (primary N) is 1. The molecule has 0 atom stereocenters. The van der Waals surface area contributed by atoms with E-state index in [1.54, 1.807) is 12.1 Å². The van der Waals surface area contributed by atoms with Crippen molar-refractivity contribution in [3.05, 3.63) is 71.5 Å². The summed E-state index contributed by atoms with van der Waals surface area (Å²) in [6, 6.07) is 17.6. The second-order valence-corrected chi connectivity index (χ2v) is 6.23. The van der Waals surface area contributed by atoms with E-state index < -0.39 is 0 Å². The van der Waals surface area contributed by atoms with E-state index in [4.69, 9.17) is 5.73 Å². The molecule has 0 radical (unpaired) electrons. The first-order valence-electron chi connectivity index (χ1n) is 7.95. The van der Waals surface area contributed by atoms with E-state index in [1.807, 2.05) is 18.2 Å². The third-order valence-corrected chi connectivity index (χ3v) is 4.90. The van der Waals surface area contributed by atoms with Crippen molar-refractivity contribution in [3.63, 3.8) is 0 Å². The standard InChI is InChI=1S/C19H23FN2/c20-18-9-5-4-8-17(18)19(15-21)10-12-22(13-11-19)14-16-6-2-1-3-7-16/h1-9H,10-15,21H2. The molecule has 1 heterocycles. The molecule has 116 valence electrons. The van der Waals surface area contributed by atoms with Crippen LogP contribution in [0.5, 0.6) is 0 Å². The van der Waals surface area contributed by atoms with Gasteiger partial charge in [-0.05, 0) is 43.1 Å². The van der Waals surface area contributed by atoms with Crippen LogP contribution in [0.1, 0.15) is 24.0 Å². The monoisotopic (exact) mass is 298 g/mol. The van der Waals surface area contributed by atoms with E-state index in [1.165, 1.54) is 5.56 Å². The van der Waals surface area contributed by atoms with Crippen LogP contribution in [-0.2, 0) is 12.0 Å². The van der Waals surface area contributed by atoms with Gasteiger partial charge in [0.05, 0.1) is 0 Å². The lowest BCUT2D eigenvalue weighted by molar-refractivity contribution is 0.153. The smallest absolute Gasteiger partial charge is 0.127 e. The number of likely N-dealkylation sites (tertiary alicyclic amines) is 1. The molecule has 0 amide bonds. The van der Waals surface area contributed by atoms with E-state index in [9.17, 15) is 4.39 Å². The minimum atomic E-state index is -0.210. The van der Waals surface area contributed by atoms with Gasteiger partial charge in [0.2, 0.25) is 0 Å². The Balaban J connectivity index is 1.70. The number of piperidine rings is 1. The average molecular weight is 298 g/mol. The van der Waals surface area contributed by atoms with Gasteiger partial charge in [-0.3, -0.25) is 4.90 Å². The van der Waals surface area contributed by atoms with Crippen molar-refractivity contribution in [2.75, 3.05) is 19.6 Å². The van der Waals surface area contributed by atoms with Gasteiger partial charge in [0.25, 0.3) is 0 Å². The maximum atomic E-state index is 14.2. The molecular weight excluding hydrogens is 275 g/mol. The highest BCUT2D eigenvalue weighted by Gasteiger charge is 2.36. The molecule has 2 aromatic carbocycles. The quantitative estimate of drug-likeness (QED) is 0.938. The molecule has 0 aromatic heterocycles. The molecule has 2 aromatic rings. The number of rotatable bonds is 4. The van der Waals surface area contributed by atoms with Gasteiger partial charge in [-0.25, -0.2) is 4.39 Å². The Labute approximate surface area is 131 Å². The molecule has 1 fully saturated rings. The SMILES string of the molecule is NCC1(c2ccccc2F)CCN(Cc2ccccc2)CC1. The predicted octanol–water partition coefficient (Wildman–Crippen LogP) is 3.32. The Hall–Kier alpha value is -1.71. The molecule has 0 bridgehead atoms. The highest BCUT2D eigenvalue weighted by Crippen LogP contribution is 2.36. The molecule has 0 unspecified atom stereocenters. The van der Waals surface area contributed by atoms with Gasteiger partial charge in [-0.1, -0.05) is 48.5 Å². The fourth-order valence-corrected chi connectivity index (χ4v) is 3.46. The summed E-state index contributed by atoms with van der Waals surface area (Å²) >= 11 is 0. The number of halogens is 1. The molecule has 2 N–H and O–H groups in total. The van der Waals surface area contributed by atoms with Crippen LogP contribution >= 0.6 is 0 Å². The third-order valence-electron chi connectivity index (χ3n) is 4.90. The van der Waals surface area contributed by atoms with Crippen LogP contribution in [0, 0.1) is 5.82 Å². The zero-order valence-corrected chi connectivity index (χ0v) is 12.8. The van der Waals surface area contributed by atoms with Crippen LogP contribution in [-0.4, -0.2) is 24.5 Å². The van der Waals surface area contributed by atoms with Gasteiger partial charge in [0.1, 0.15) is 5.82 Å². The Morgan fingerprint density at radius 3 is 2.23 bits per heavy atom. The summed E-state index contributed by atoms with van der Waals surface area (Å²) in [5.41, 5.74) is 7.96. The predicted molar refractivity (Wildman–Crippen MR) is 88.1 cm³/mol. The van der Waals surface area contributed by atoms with Crippen molar-refractivity contribution in [2.24, 2.45) is 5.73 Å². The first-order chi connectivity index (χ1) is 10.7. The molecule has 2 nitrogen and oxygen atoms in total. The fraction of sp³-hybridized carbons (Fsp3) is 0.368. The van der Waals surface area contributed by atoms with Crippen molar-refractivity contribution >= 4 is 0 Å². The summed E-state index contributed by atoms with van der Waals surface area (Å²) in [6.45, 7) is 3.38. The zero-order valence-electron chi connectivity index (χ0n) is 12.8. The Morgan fingerprint density at radius 1 is 0.955 bits per heavy atom. The van der Waals surface area contributed by atoms with Crippen LogP contribution in [0.2, 0.25) is 0 Å². The van der Waals surface area contributed by atoms with Crippen LogP contribution < -0.4 is 5.73 Å². The minimum Gasteiger partial charge on any atom is -0.330 e. The molecule has 1 aliphatic heterocycles. The number of hydrogen-bond acceptors (Lipinski definition) is 2. The highest BCUT2D eigenvalue weighted by molar-refractivity contribution is 5.28. The number of hydrogen-bond donors (Lipinski definition) is 1. The van der Waals surface area contributed by atoms with E-state index in [0.29, 0.717) is 6.54 Å². The summed E-state index contributed by atoms with van der Waals surface area (Å²) < 4.78 is 14.2. The summed E-state index contributed by atoms with van der Waals surface area (Å²) in [4.78, 5) is 2.43. The van der Waals surface area contributed by atoms with Gasteiger partial charge in [-0.15, -0.1) is 0 Å². The van der Waals surface area contributed by atoms with Crippen molar-refractivity contribution in [1.29, 1.82) is 0 Å². The second kappa shape index (κ2) is 6.59. The number of nitrogens with zero attached hydrogens (tertiary/aromatic N) is 1. The molecule has 0 aliphatic carbocycles. The van der Waals surface area contributed by atoms with E-state index in [0.717, 1.165) is 38.0 Å². The van der Waals surface area contributed by atoms with Crippen LogP contribution in [0.3, 0.4) is 0 Å². The summed E-state index contributed by atoms with van der Waals surface area (Å²) in [5.74, 6) is -0.121. The van der Waals surface area contributed by atoms with Crippen molar-refractivity contribution in [3.8, 4) is 0 Å². The Kier molecular flexibility index (Phi) is 4.55. The lowest BCUT2D eigenvalue weighted by atomic mass is 9.72. The Bertz CT molecular complexity index is 604. The van der Waals surface area contributed by atoms with Crippen LogP contribution in [0.25, 0.3) is 0 Å². The van der Waals surface area contributed by atoms with E-state index in [2.05, 4.69) is 29.2 Å². The van der Waals surface area contributed by atoms with Gasteiger partial charge >= 0.3 is 0 Å². The van der Waals surface area contributed by atoms with E-state index >= 15 is 0 Å². The average Bonchev–Trinajstić information content (AvgIpc) is 2.57. The molecular formula is C19H23FN2. The fourth-order valence-electron chi connectivity index (χ4n) is 3.46. The molecule has 1 aliphatic rings. The first-order valence-corrected chi connectivity index (χ1v) is 7.95. The van der Waals surface area contributed by atoms with Gasteiger partial charge in [-0.2, -0.15) is 0 Å². The highest BCUT2D eigenvalue weighted by atomic mass is 19.1. The molecule has 1 saturated heterocycles. The lowest BCUT2D eigenvalue weighted by Gasteiger charge is -2.41. The molecule has 3 heteroatoms. The Morgan fingerprint density at radius 2 is 1.59 bits per heavy atom. The van der Waals surface area contributed by atoms with Gasteiger partial charge < -0.3 is 5.73 Å². The maximum absolute atomic E-state index is 14.2. The van der Waals surface area contributed by atoms with Gasteiger partial charge in [0, 0.05) is 18.5 Å². The summed E-state index contributed by atoms with van der Waals surface area (Å²) in [6.07, 6.45) is 1.83.